The Labute approximate surface area is 204 Å². The summed E-state index contributed by atoms with van der Waals surface area (Å²) in [6, 6.07) is 11.2. The molecule has 3 rings (SSSR count). The van der Waals surface area contributed by atoms with Gasteiger partial charge in [0, 0.05) is 12.2 Å². The first kappa shape index (κ1) is 23.6. The largest absolute Gasteiger partial charge is 0.493 e. The number of nitrogens with zero attached hydrogens (tertiary/aromatic N) is 1. The van der Waals surface area contributed by atoms with Crippen LogP contribution in [0.1, 0.15) is 18.1 Å². The lowest BCUT2D eigenvalue weighted by Crippen LogP contribution is -2.27. The summed E-state index contributed by atoms with van der Waals surface area (Å²) in [5.41, 5.74) is 2.56. The van der Waals surface area contributed by atoms with E-state index < -0.39 is 0 Å². The predicted octanol–water partition coefficient (Wildman–Crippen LogP) is 4.85. The number of aryl methyl sites for hydroxylation is 1. The number of carbonyl (C=O) groups excluding carboxylic acids is 2. The molecule has 1 aliphatic heterocycles. The van der Waals surface area contributed by atoms with Gasteiger partial charge in [-0.05, 0) is 77.9 Å². The number of hydrogen-bond acceptors (Lipinski definition) is 6. The summed E-state index contributed by atoms with van der Waals surface area (Å²) >= 11 is 8.67. The first-order valence-corrected chi connectivity index (χ1v) is 11.7. The molecule has 162 valence electrons. The molecular weight excluding hydrogens is 547 g/mol. The monoisotopic (exact) mass is 568 g/mol. The molecule has 1 aliphatic rings. The number of likely N-dealkylation sites (N-methyl/N-ethyl adjacent to an activating group) is 1. The molecule has 2 amide bonds. The fourth-order valence-electron chi connectivity index (χ4n) is 2.94. The number of methoxy groups -OCH3 is 1. The molecule has 6 nitrogen and oxygen atoms in total. The number of benzene rings is 2. The first-order valence-electron chi connectivity index (χ1n) is 9.44. The van der Waals surface area contributed by atoms with Crippen molar-refractivity contribution in [2.45, 2.75) is 13.8 Å². The van der Waals surface area contributed by atoms with Crippen LogP contribution in [0.4, 0.5) is 5.69 Å². The van der Waals surface area contributed by atoms with E-state index in [1.807, 2.05) is 44.2 Å². The first-order chi connectivity index (χ1) is 14.8. The number of hydrogen-bond donors (Lipinski definition) is 1. The predicted molar refractivity (Wildman–Crippen MR) is 137 cm³/mol. The molecule has 9 heteroatoms. The van der Waals surface area contributed by atoms with Crippen LogP contribution in [0.2, 0.25) is 0 Å². The number of carbonyl (C=O) groups is 2. The van der Waals surface area contributed by atoms with E-state index in [-0.39, 0.29) is 18.4 Å². The zero-order valence-electron chi connectivity index (χ0n) is 17.2. The smallest absolute Gasteiger partial charge is 0.266 e. The Bertz CT molecular complexity index is 1070. The molecular formula is C22H21IN2O4S2. The lowest BCUT2D eigenvalue weighted by molar-refractivity contribution is -0.122. The number of nitrogens with one attached hydrogen (secondary N) is 1. The van der Waals surface area contributed by atoms with Crippen molar-refractivity contribution in [1.29, 1.82) is 0 Å². The minimum atomic E-state index is -0.268. The van der Waals surface area contributed by atoms with Crippen molar-refractivity contribution >= 4 is 74.5 Å². The van der Waals surface area contributed by atoms with Gasteiger partial charge >= 0.3 is 0 Å². The molecule has 2 aromatic carbocycles. The Morgan fingerprint density at radius 1 is 1.32 bits per heavy atom. The summed E-state index contributed by atoms with van der Waals surface area (Å²) in [5.74, 6) is 0.587. The number of rotatable bonds is 7. The van der Waals surface area contributed by atoms with Crippen LogP contribution in [-0.4, -0.2) is 41.3 Å². The minimum Gasteiger partial charge on any atom is -0.493 e. The Kier molecular flexibility index (Phi) is 7.95. The Morgan fingerprint density at radius 3 is 2.74 bits per heavy atom. The molecule has 1 heterocycles. The van der Waals surface area contributed by atoms with E-state index in [0.717, 1.165) is 20.4 Å². The number of ether oxygens (including phenoxy) is 2. The van der Waals surface area contributed by atoms with Crippen LogP contribution in [-0.2, 0) is 9.59 Å². The fraction of sp³-hybridized carbons (Fsp3) is 0.227. The Morgan fingerprint density at radius 2 is 2.10 bits per heavy atom. The van der Waals surface area contributed by atoms with Crippen LogP contribution in [0.5, 0.6) is 11.5 Å². The SMILES string of the molecule is CCN1C(=O)/C(=C/c2cc(I)c(OCC(=O)Nc3cccc(C)c3)c(OC)c2)SC1=S. The van der Waals surface area contributed by atoms with Gasteiger partial charge in [0.1, 0.15) is 4.32 Å². The van der Waals surface area contributed by atoms with Crippen LogP contribution >= 0.6 is 46.6 Å². The van der Waals surface area contributed by atoms with Crippen LogP contribution in [0.15, 0.2) is 41.3 Å². The van der Waals surface area contributed by atoms with E-state index in [1.54, 1.807) is 17.0 Å². The number of amides is 2. The number of anilines is 1. The third-order valence-corrected chi connectivity index (χ3v) is 6.57. The van der Waals surface area contributed by atoms with Gasteiger partial charge in [-0.3, -0.25) is 14.5 Å². The van der Waals surface area contributed by atoms with Gasteiger partial charge in [0.2, 0.25) is 0 Å². The van der Waals surface area contributed by atoms with Crippen molar-refractivity contribution in [3.05, 3.63) is 56.0 Å². The minimum absolute atomic E-state index is 0.0976. The van der Waals surface area contributed by atoms with Gasteiger partial charge in [-0.15, -0.1) is 0 Å². The van der Waals surface area contributed by atoms with Gasteiger partial charge in [-0.2, -0.15) is 0 Å². The lowest BCUT2D eigenvalue weighted by Gasteiger charge is -2.14. The van der Waals surface area contributed by atoms with Gasteiger partial charge in [-0.1, -0.05) is 36.1 Å². The molecule has 0 aliphatic carbocycles. The zero-order valence-corrected chi connectivity index (χ0v) is 21.0. The molecule has 0 bridgehead atoms. The number of thiocarbonyl (C=S) groups is 1. The van der Waals surface area contributed by atoms with Crippen molar-refractivity contribution in [3.8, 4) is 11.5 Å². The van der Waals surface area contributed by atoms with Gasteiger partial charge in [0.05, 0.1) is 15.6 Å². The molecule has 0 saturated carbocycles. The number of thioether (sulfide) groups is 1. The average molecular weight is 568 g/mol. The van der Waals surface area contributed by atoms with Gasteiger partial charge in [-0.25, -0.2) is 0 Å². The molecule has 1 N–H and O–H groups in total. The van der Waals surface area contributed by atoms with Crippen molar-refractivity contribution in [2.24, 2.45) is 0 Å². The average Bonchev–Trinajstić information content (AvgIpc) is 2.99. The van der Waals surface area contributed by atoms with Crippen LogP contribution < -0.4 is 14.8 Å². The quantitative estimate of drug-likeness (QED) is 0.293. The second-order valence-electron chi connectivity index (χ2n) is 6.67. The van der Waals surface area contributed by atoms with E-state index in [4.69, 9.17) is 21.7 Å². The van der Waals surface area contributed by atoms with Crippen molar-refractivity contribution in [3.63, 3.8) is 0 Å². The van der Waals surface area contributed by atoms with E-state index in [1.165, 1.54) is 18.9 Å². The second-order valence-corrected chi connectivity index (χ2v) is 9.50. The standard InChI is InChI=1S/C22H21IN2O4S2/c1-4-25-21(27)18(31-22(25)30)11-14-9-16(23)20(17(10-14)28-3)29-12-19(26)24-15-7-5-6-13(2)8-15/h5-11H,4,12H2,1-3H3,(H,24,26)/b18-11-. The molecule has 0 aromatic heterocycles. The van der Waals surface area contributed by atoms with E-state index in [0.29, 0.717) is 27.3 Å². The highest BCUT2D eigenvalue weighted by atomic mass is 127. The highest BCUT2D eigenvalue weighted by Crippen LogP contribution is 2.37. The molecule has 31 heavy (non-hydrogen) atoms. The zero-order chi connectivity index (χ0) is 22.5. The van der Waals surface area contributed by atoms with Gasteiger partial charge in [0.15, 0.2) is 18.1 Å². The van der Waals surface area contributed by atoms with Crippen molar-refractivity contribution < 1.29 is 19.1 Å². The van der Waals surface area contributed by atoms with Crippen molar-refractivity contribution in [2.75, 3.05) is 25.6 Å². The Hall–Kier alpha value is -2.11. The summed E-state index contributed by atoms with van der Waals surface area (Å²) < 4.78 is 12.5. The Balaban J connectivity index is 1.74. The molecule has 1 saturated heterocycles. The second kappa shape index (κ2) is 10.5. The number of halogens is 1. The van der Waals surface area contributed by atoms with E-state index >= 15 is 0 Å². The topological polar surface area (TPSA) is 67.9 Å². The maximum atomic E-state index is 12.5. The van der Waals surface area contributed by atoms with Crippen molar-refractivity contribution in [1.82, 2.24) is 4.90 Å². The van der Waals surface area contributed by atoms with E-state index in [2.05, 4.69) is 27.9 Å². The molecule has 0 atom stereocenters. The molecule has 1 fully saturated rings. The maximum Gasteiger partial charge on any atom is 0.266 e. The molecule has 0 radical (unpaired) electrons. The summed E-state index contributed by atoms with van der Waals surface area (Å²) in [6.45, 7) is 4.23. The third kappa shape index (κ3) is 5.78. The lowest BCUT2D eigenvalue weighted by atomic mass is 10.2. The highest BCUT2D eigenvalue weighted by Gasteiger charge is 2.30. The van der Waals surface area contributed by atoms with Crippen LogP contribution in [0.3, 0.4) is 0 Å². The maximum absolute atomic E-state index is 12.5. The fourth-order valence-corrected chi connectivity index (χ4v) is 5.11. The third-order valence-electron chi connectivity index (χ3n) is 4.39. The summed E-state index contributed by atoms with van der Waals surface area (Å²) in [6.07, 6.45) is 1.79. The van der Waals surface area contributed by atoms with Gasteiger partial charge in [0.25, 0.3) is 11.8 Å². The highest BCUT2D eigenvalue weighted by molar-refractivity contribution is 14.1. The van der Waals surface area contributed by atoms with E-state index in [9.17, 15) is 9.59 Å². The summed E-state index contributed by atoms with van der Waals surface area (Å²) in [4.78, 5) is 26.9. The normalized spacial score (nSPS) is 14.8. The molecule has 0 unspecified atom stereocenters. The summed E-state index contributed by atoms with van der Waals surface area (Å²) in [7, 11) is 1.53. The van der Waals surface area contributed by atoms with Gasteiger partial charge < -0.3 is 14.8 Å². The van der Waals surface area contributed by atoms with Crippen LogP contribution in [0, 0.1) is 10.5 Å². The van der Waals surface area contributed by atoms with Crippen LogP contribution in [0.25, 0.3) is 6.08 Å². The molecule has 2 aromatic rings. The molecule has 0 spiro atoms. The summed E-state index contributed by atoms with van der Waals surface area (Å²) in [5, 5.41) is 2.81.